The van der Waals surface area contributed by atoms with Gasteiger partial charge in [0.15, 0.2) is 11.6 Å². The van der Waals surface area contributed by atoms with Crippen molar-refractivity contribution >= 4 is 17.5 Å². The summed E-state index contributed by atoms with van der Waals surface area (Å²) in [6, 6.07) is 17.4. The van der Waals surface area contributed by atoms with Gasteiger partial charge < -0.3 is 4.90 Å². The summed E-state index contributed by atoms with van der Waals surface area (Å²) in [6.07, 6.45) is 1.68. The van der Waals surface area contributed by atoms with Crippen LogP contribution in [0.15, 0.2) is 48.5 Å². The van der Waals surface area contributed by atoms with Gasteiger partial charge in [-0.2, -0.15) is 5.26 Å². The van der Waals surface area contributed by atoms with Crippen molar-refractivity contribution in [2.45, 2.75) is 80.2 Å². The van der Waals surface area contributed by atoms with E-state index >= 15 is 0 Å². The molecule has 0 radical (unpaired) electrons. The molecular formula is C33H42N2O3. The van der Waals surface area contributed by atoms with Crippen molar-refractivity contribution in [1.82, 2.24) is 4.90 Å². The van der Waals surface area contributed by atoms with E-state index < -0.39 is 17.4 Å². The molecule has 3 unspecified atom stereocenters. The summed E-state index contributed by atoms with van der Waals surface area (Å²) in [4.78, 5) is 42.8. The third-order valence-corrected chi connectivity index (χ3v) is 8.35. The van der Waals surface area contributed by atoms with Gasteiger partial charge in [-0.05, 0) is 68.6 Å². The average Bonchev–Trinajstić information content (AvgIpc) is 3.19. The average molecular weight is 515 g/mol. The number of aryl methyl sites for hydroxylation is 1. The van der Waals surface area contributed by atoms with Gasteiger partial charge in [0.2, 0.25) is 5.91 Å². The molecule has 0 aliphatic carbocycles. The van der Waals surface area contributed by atoms with Crippen molar-refractivity contribution in [3.05, 3.63) is 70.8 Å². The Kier molecular flexibility index (Phi) is 8.97. The Hall–Kier alpha value is -3.26. The fourth-order valence-electron chi connectivity index (χ4n) is 5.72. The lowest BCUT2D eigenvalue weighted by atomic mass is 9.77. The quantitative estimate of drug-likeness (QED) is 0.339. The Labute approximate surface area is 228 Å². The van der Waals surface area contributed by atoms with E-state index in [4.69, 9.17) is 0 Å². The van der Waals surface area contributed by atoms with Gasteiger partial charge in [0.1, 0.15) is 0 Å². The highest BCUT2D eigenvalue weighted by Gasteiger charge is 2.49. The van der Waals surface area contributed by atoms with Crippen molar-refractivity contribution in [1.29, 1.82) is 5.26 Å². The molecule has 0 saturated carbocycles. The highest BCUT2D eigenvalue weighted by molar-refractivity contribution is 5.98. The number of likely N-dealkylation sites (tertiary alicyclic amines) is 1. The largest absolute Gasteiger partial charge is 0.332 e. The smallest absolute Gasteiger partial charge is 0.226 e. The molecule has 0 spiro atoms. The highest BCUT2D eigenvalue weighted by Crippen LogP contribution is 2.40. The van der Waals surface area contributed by atoms with E-state index in [2.05, 4.69) is 6.07 Å². The summed E-state index contributed by atoms with van der Waals surface area (Å²) in [5.41, 5.74) is 2.67. The molecule has 1 saturated heterocycles. The van der Waals surface area contributed by atoms with Crippen LogP contribution in [0.5, 0.6) is 0 Å². The van der Waals surface area contributed by atoms with E-state index in [-0.39, 0.29) is 41.6 Å². The van der Waals surface area contributed by atoms with Crippen LogP contribution in [0.4, 0.5) is 0 Å². The number of amides is 1. The number of hydrogen-bond acceptors (Lipinski definition) is 4. The van der Waals surface area contributed by atoms with Crippen molar-refractivity contribution in [3.63, 3.8) is 0 Å². The molecule has 2 aromatic carbocycles. The maximum atomic E-state index is 14.1. The molecule has 3 rings (SSSR count). The third-order valence-electron chi connectivity index (χ3n) is 8.35. The topological polar surface area (TPSA) is 78.2 Å². The number of nitrogens with zero attached hydrogens (tertiary/aromatic N) is 2. The van der Waals surface area contributed by atoms with Crippen LogP contribution in [-0.4, -0.2) is 35.0 Å². The van der Waals surface area contributed by atoms with Gasteiger partial charge in [-0.15, -0.1) is 0 Å². The molecule has 1 amide bonds. The van der Waals surface area contributed by atoms with E-state index in [9.17, 15) is 19.6 Å². The molecule has 5 nitrogen and oxygen atoms in total. The van der Waals surface area contributed by atoms with Crippen LogP contribution in [0, 0.1) is 47.8 Å². The Bertz CT molecular complexity index is 1220. The molecule has 1 aliphatic rings. The number of carbonyl (C=O) groups is 3. The molecule has 1 fully saturated rings. The molecule has 2 aromatic rings. The number of nitriles is 1. The van der Waals surface area contributed by atoms with Gasteiger partial charge in [0.05, 0.1) is 17.5 Å². The lowest BCUT2D eigenvalue weighted by molar-refractivity contribution is -0.144. The first-order valence-electron chi connectivity index (χ1n) is 13.6. The Morgan fingerprint density at radius 1 is 1.08 bits per heavy atom. The second kappa shape index (κ2) is 11.6. The minimum absolute atomic E-state index is 0.0388. The van der Waals surface area contributed by atoms with E-state index in [1.807, 2.05) is 83.1 Å². The Morgan fingerprint density at radius 2 is 1.74 bits per heavy atom. The van der Waals surface area contributed by atoms with E-state index in [0.29, 0.717) is 18.5 Å². The summed E-state index contributed by atoms with van der Waals surface area (Å²) >= 11 is 0. The Balaban J connectivity index is 1.90. The first-order valence-corrected chi connectivity index (χ1v) is 13.6. The molecule has 3 atom stereocenters. The fourth-order valence-corrected chi connectivity index (χ4v) is 5.72. The molecular weight excluding hydrogens is 472 g/mol. The maximum absolute atomic E-state index is 14.1. The van der Waals surface area contributed by atoms with Gasteiger partial charge in [-0.1, -0.05) is 69.3 Å². The van der Waals surface area contributed by atoms with Gasteiger partial charge in [-0.25, -0.2) is 0 Å². The van der Waals surface area contributed by atoms with Crippen LogP contribution in [0.1, 0.15) is 80.9 Å². The highest BCUT2D eigenvalue weighted by atomic mass is 16.2. The number of hydrogen-bond donors (Lipinski definition) is 0. The zero-order valence-corrected chi connectivity index (χ0v) is 24.0. The van der Waals surface area contributed by atoms with Crippen LogP contribution in [-0.2, 0) is 16.0 Å². The molecule has 5 heteroatoms. The van der Waals surface area contributed by atoms with Crippen LogP contribution < -0.4 is 0 Å². The van der Waals surface area contributed by atoms with Crippen LogP contribution in [0.25, 0.3) is 0 Å². The summed E-state index contributed by atoms with van der Waals surface area (Å²) in [5, 5.41) is 9.49. The molecule has 1 aliphatic heterocycles. The van der Waals surface area contributed by atoms with Crippen molar-refractivity contribution in [2.24, 2.45) is 22.7 Å². The molecule has 38 heavy (non-hydrogen) atoms. The van der Waals surface area contributed by atoms with Crippen molar-refractivity contribution in [2.75, 3.05) is 6.54 Å². The van der Waals surface area contributed by atoms with Crippen LogP contribution >= 0.6 is 0 Å². The minimum Gasteiger partial charge on any atom is -0.332 e. The van der Waals surface area contributed by atoms with E-state index in [1.54, 1.807) is 18.7 Å². The van der Waals surface area contributed by atoms with Crippen molar-refractivity contribution < 1.29 is 14.4 Å². The third kappa shape index (κ3) is 6.59. The maximum Gasteiger partial charge on any atom is 0.226 e. The number of carbonyl (C=O) groups excluding carboxylic acids is 3. The molecule has 202 valence electrons. The molecule has 0 bridgehead atoms. The monoisotopic (exact) mass is 514 g/mol. The number of Topliss-reactive ketones (excluding diaryl/α,β-unsaturated/α-hetero) is 2. The zero-order valence-electron chi connectivity index (χ0n) is 24.0. The lowest BCUT2D eigenvalue weighted by Crippen LogP contribution is -2.49. The summed E-state index contributed by atoms with van der Waals surface area (Å²) < 4.78 is 0. The first-order chi connectivity index (χ1) is 17.8. The zero-order chi connectivity index (χ0) is 28.3. The number of rotatable bonds is 10. The molecule has 0 aromatic heterocycles. The molecule has 1 heterocycles. The molecule has 0 N–H and O–H groups in total. The van der Waals surface area contributed by atoms with Crippen molar-refractivity contribution in [3.8, 4) is 6.07 Å². The number of ketones is 2. The second-order valence-corrected chi connectivity index (χ2v) is 12.4. The number of benzene rings is 2. The van der Waals surface area contributed by atoms with Gasteiger partial charge in [-0.3, -0.25) is 14.4 Å². The van der Waals surface area contributed by atoms with Crippen LogP contribution in [0.2, 0.25) is 0 Å². The predicted octanol–water partition coefficient (Wildman–Crippen LogP) is 6.51. The second-order valence-electron chi connectivity index (χ2n) is 12.4. The lowest BCUT2D eigenvalue weighted by Gasteiger charge is -2.35. The summed E-state index contributed by atoms with van der Waals surface area (Å²) in [6.45, 7) is 13.9. The minimum atomic E-state index is -0.788. The van der Waals surface area contributed by atoms with E-state index in [0.717, 1.165) is 23.1 Å². The first kappa shape index (κ1) is 29.3. The van der Waals surface area contributed by atoms with Gasteiger partial charge in [0, 0.05) is 30.9 Å². The van der Waals surface area contributed by atoms with Gasteiger partial charge in [0.25, 0.3) is 0 Å². The summed E-state index contributed by atoms with van der Waals surface area (Å²) in [5.74, 6) is -0.772. The van der Waals surface area contributed by atoms with Gasteiger partial charge >= 0.3 is 0 Å². The Morgan fingerprint density at radius 3 is 2.37 bits per heavy atom. The van der Waals surface area contributed by atoms with E-state index in [1.165, 1.54) is 0 Å². The van der Waals surface area contributed by atoms with Crippen LogP contribution in [0.3, 0.4) is 0 Å². The summed E-state index contributed by atoms with van der Waals surface area (Å²) in [7, 11) is 0. The normalized spacial score (nSPS) is 18.5. The fraction of sp³-hybridized carbons (Fsp3) is 0.515. The predicted molar refractivity (Wildman–Crippen MR) is 151 cm³/mol. The standard InChI is InChI=1S/C33H42N2O3/c1-22-12-11-15-27(23(22)2)28(36)19-26(18-25-13-9-8-10-14-25)24(3)31(38)35-17-16-33(6,7)30(35)29(37)20-32(4,5)21-34/h8-15,24,26,30H,16-20H2,1-7H3. The SMILES string of the molecule is Cc1cccc(C(=O)CC(Cc2ccccc2)C(C)C(=O)N2CCC(C)(C)C2C(=O)CC(C)(C)C#N)c1C.